The molecule has 0 aromatic heterocycles. The zero-order chi connectivity index (χ0) is 28.0. The lowest BCUT2D eigenvalue weighted by molar-refractivity contribution is 0.661. The molecule has 7 aromatic rings. The van der Waals surface area contributed by atoms with Crippen molar-refractivity contribution in [1.29, 1.82) is 0 Å². The van der Waals surface area contributed by atoms with Crippen LogP contribution in [0.3, 0.4) is 0 Å². The fraction of sp³-hybridized carbons (Fsp3) is 0.100. The van der Waals surface area contributed by atoms with Crippen LogP contribution in [0.5, 0.6) is 0 Å². The van der Waals surface area contributed by atoms with Gasteiger partial charge >= 0.3 is 0 Å². The van der Waals surface area contributed by atoms with Gasteiger partial charge in [0.15, 0.2) is 0 Å². The molecular formula is C40H29NS. The lowest BCUT2D eigenvalue weighted by Gasteiger charge is -2.22. The number of benzene rings is 7. The third-order valence-corrected chi connectivity index (χ3v) is 10.8. The molecule has 0 bridgehead atoms. The molecule has 0 spiro atoms. The Kier molecular flexibility index (Phi) is 5.01. The minimum Gasteiger partial charge on any atom is -0.368 e. The molecule has 2 heteroatoms. The molecule has 9 rings (SSSR count). The fourth-order valence-electron chi connectivity index (χ4n) is 7.28. The van der Waals surface area contributed by atoms with E-state index in [9.17, 15) is 0 Å². The summed E-state index contributed by atoms with van der Waals surface area (Å²) in [4.78, 5) is 1.35. The van der Waals surface area contributed by atoms with E-state index in [1.54, 1.807) is 0 Å². The van der Waals surface area contributed by atoms with Gasteiger partial charge < -0.3 is 5.32 Å². The Morgan fingerprint density at radius 3 is 2.19 bits per heavy atom. The molecule has 1 aliphatic carbocycles. The lowest BCUT2D eigenvalue weighted by Crippen LogP contribution is -2.15. The van der Waals surface area contributed by atoms with E-state index in [-0.39, 0.29) is 10.8 Å². The maximum Gasteiger partial charge on any atom is 0.103 e. The van der Waals surface area contributed by atoms with Gasteiger partial charge in [-0.1, -0.05) is 135 Å². The van der Waals surface area contributed by atoms with E-state index in [4.69, 9.17) is 0 Å². The molecule has 200 valence electrons. The average molecular weight is 556 g/mol. The van der Waals surface area contributed by atoms with Crippen molar-refractivity contribution < 1.29 is 0 Å². The zero-order valence-corrected chi connectivity index (χ0v) is 24.4. The van der Waals surface area contributed by atoms with Crippen molar-refractivity contribution in [2.75, 3.05) is 5.32 Å². The van der Waals surface area contributed by atoms with Gasteiger partial charge in [-0.05, 0) is 84.1 Å². The van der Waals surface area contributed by atoms with Crippen molar-refractivity contribution in [2.24, 2.45) is 0 Å². The molecule has 42 heavy (non-hydrogen) atoms. The molecule has 1 unspecified atom stereocenters. The molecule has 0 fully saturated rings. The topological polar surface area (TPSA) is 12.0 Å². The van der Waals surface area contributed by atoms with Crippen LogP contribution in [-0.4, -0.2) is 0 Å². The Bertz CT molecular complexity index is 2230. The Balaban J connectivity index is 1.20. The Hall–Kier alpha value is -4.53. The van der Waals surface area contributed by atoms with Crippen molar-refractivity contribution in [1.82, 2.24) is 0 Å². The number of anilines is 1. The van der Waals surface area contributed by atoms with Crippen LogP contribution in [0.4, 0.5) is 5.69 Å². The number of nitrogens with one attached hydrogen (secondary N) is 1. The number of fused-ring (bicyclic) bond motifs is 10. The molecule has 0 saturated carbocycles. The van der Waals surface area contributed by atoms with Gasteiger partial charge in [-0.2, -0.15) is 0 Å². The monoisotopic (exact) mass is 555 g/mol. The first-order valence-corrected chi connectivity index (χ1v) is 15.6. The van der Waals surface area contributed by atoms with E-state index >= 15 is 0 Å². The van der Waals surface area contributed by atoms with Crippen LogP contribution in [0.2, 0.25) is 0 Å². The predicted molar refractivity (Wildman–Crippen MR) is 181 cm³/mol. The van der Waals surface area contributed by atoms with Crippen LogP contribution < -0.4 is 5.32 Å². The molecule has 2 aliphatic rings. The standard InChI is InChI=1S/C40H29NS/c1-40(2)33-20-17-24-8-6-7-11-30(24)37(33)31-19-16-29(23-34(31)40)28-15-13-25-12-14-26-18-21-35-38(36(26)32(25)22-28)42-39(41-35)27-9-4-3-5-10-27/h3-23,39,41H,1-2H3. The van der Waals surface area contributed by atoms with Crippen molar-refractivity contribution in [3.05, 3.63) is 144 Å². The van der Waals surface area contributed by atoms with Crippen molar-refractivity contribution in [3.63, 3.8) is 0 Å². The Morgan fingerprint density at radius 2 is 1.29 bits per heavy atom. The normalized spacial score (nSPS) is 16.4. The summed E-state index contributed by atoms with van der Waals surface area (Å²) >= 11 is 1.93. The smallest absolute Gasteiger partial charge is 0.103 e. The van der Waals surface area contributed by atoms with E-state index in [0.29, 0.717) is 0 Å². The van der Waals surface area contributed by atoms with Gasteiger partial charge in [-0.15, -0.1) is 0 Å². The van der Waals surface area contributed by atoms with Crippen LogP contribution in [0.25, 0.3) is 54.6 Å². The number of hydrogen-bond acceptors (Lipinski definition) is 2. The first-order chi connectivity index (χ1) is 20.6. The third-order valence-electron chi connectivity index (χ3n) is 9.48. The SMILES string of the molecule is CC1(C)c2cc(-c3ccc4ccc5ccc6c(c5c4c3)SC(c3ccccc3)N6)ccc2-c2c1ccc1ccccc21. The van der Waals surface area contributed by atoms with Gasteiger partial charge in [0.05, 0.1) is 0 Å². The van der Waals surface area contributed by atoms with Crippen LogP contribution in [-0.2, 0) is 5.41 Å². The van der Waals surface area contributed by atoms with Gasteiger partial charge in [0.1, 0.15) is 5.37 Å². The van der Waals surface area contributed by atoms with Crippen LogP contribution in [0.1, 0.15) is 35.9 Å². The molecular weight excluding hydrogens is 527 g/mol. The number of hydrogen-bond donors (Lipinski definition) is 1. The molecule has 1 atom stereocenters. The van der Waals surface area contributed by atoms with Gasteiger partial charge in [-0.3, -0.25) is 0 Å². The Labute approximate surface area is 250 Å². The number of thioether (sulfide) groups is 1. The fourth-order valence-corrected chi connectivity index (χ4v) is 8.60. The molecule has 1 N–H and O–H groups in total. The summed E-state index contributed by atoms with van der Waals surface area (Å²) in [6.07, 6.45) is 0. The zero-order valence-electron chi connectivity index (χ0n) is 23.6. The van der Waals surface area contributed by atoms with E-state index in [2.05, 4.69) is 147 Å². The quantitative estimate of drug-likeness (QED) is 0.213. The maximum absolute atomic E-state index is 3.78. The minimum absolute atomic E-state index is 0.0517. The summed E-state index contributed by atoms with van der Waals surface area (Å²) in [5.74, 6) is 0. The van der Waals surface area contributed by atoms with Crippen LogP contribution >= 0.6 is 11.8 Å². The summed E-state index contributed by atoms with van der Waals surface area (Å²) in [7, 11) is 0. The lowest BCUT2D eigenvalue weighted by atomic mass is 9.81. The molecule has 1 nitrogen and oxygen atoms in total. The third kappa shape index (κ3) is 3.39. The summed E-state index contributed by atoms with van der Waals surface area (Å²) in [6, 6.07) is 47.4. The first kappa shape index (κ1) is 24.1. The summed E-state index contributed by atoms with van der Waals surface area (Å²) in [6.45, 7) is 4.75. The van der Waals surface area contributed by atoms with Gasteiger partial charge in [0.25, 0.3) is 0 Å². The van der Waals surface area contributed by atoms with Gasteiger partial charge in [0, 0.05) is 21.4 Å². The van der Waals surface area contributed by atoms with Gasteiger partial charge in [0.2, 0.25) is 0 Å². The highest BCUT2D eigenvalue weighted by Crippen LogP contribution is 2.53. The second-order valence-electron chi connectivity index (χ2n) is 12.2. The van der Waals surface area contributed by atoms with Crippen LogP contribution in [0.15, 0.2) is 132 Å². The van der Waals surface area contributed by atoms with Gasteiger partial charge in [-0.25, -0.2) is 0 Å². The molecule has 0 radical (unpaired) electrons. The van der Waals surface area contributed by atoms with E-state index in [1.165, 1.54) is 81.8 Å². The maximum atomic E-state index is 3.78. The predicted octanol–water partition coefficient (Wildman–Crippen LogP) is 11.3. The summed E-state index contributed by atoms with van der Waals surface area (Å²) < 4.78 is 0. The van der Waals surface area contributed by atoms with Crippen LogP contribution in [0, 0.1) is 0 Å². The highest BCUT2D eigenvalue weighted by atomic mass is 32.2. The minimum atomic E-state index is -0.0517. The second-order valence-corrected chi connectivity index (χ2v) is 13.3. The van der Waals surface area contributed by atoms with Crippen molar-refractivity contribution in [3.8, 4) is 22.3 Å². The Morgan fingerprint density at radius 1 is 0.595 bits per heavy atom. The highest BCUT2D eigenvalue weighted by Gasteiger charge is 2.36. The molecule has 0 saturated heterocycles. The van der Waals surface area contributed by atoms with Crippen molar-refractivity contribution >= 4 is 49.8 Å². The molecule has 1 heterocycles. The summed E-state index contributed by atoms with van der Waals surface area (Å²) in [5, 5.41) is 11.9. The van der Waals surface area contributed by atoms with E-state index in [1.807, 2.05) is 11.8 Å². The van der Waals surface area contributed by atoms with E-state index < -0.39 is 0 Å². The first-order valence-electron chi connectivity index (χ1n) is 14.7. The second kappa shape index (κ2) is 8.74. The van der Waals surface area contributed by atoms with E-state index in [0.717, 1.165) is 0 Å². The largest absolute Gasteiger partial charge is 0.368 e. The average Bonchev–Trinajstić information content (AvgIpc) is 3.58. The molecule has 7 aromatic carbocycles. The molecule has 0 amide bonds. The molecule has 1 aliphatic heterocycles. The highest BCUT2D eigenvalue weighted by molar-refractivity contribution is 8.00. The number of rotatable bonds is 2. The van der Waals surface area contributed by atoms with Crippen molar-refractivity contribution in [2.45, 2.75) is 29.5 Å². The summed E-state index contributed by atoms with van der Waals surface area (Å²) in [5.41, 5.74) is 10.6.